The number of rotatable bonds is 1. The van der Waals surface area contributed by atoms with E-state index in [1.54, 1.807) is 13.8 Å². The van der Waals surface area contributed by atoms with Gasteiger partial charge in [0.2, 0.25) is 5.91 Å². The summed E-state index contributed by atoms with van der Waals surface area (Å²) >= 11 is 0. The number of nitrogens with one attached hydrogen (secondary N) is 1. The van der Waals surface area contributed by atoms with Gasteiger partial charge >= 0.3 is 6.18 Å². The molecule has 1 aromatic rings. The fraction of sp³-hybridized carbons (Fsp3) is 0.462. The molecule has 1 amide bonds. The van der Waals surface area contributed by atoms with Gasteiger partial charge in [0, 0.05) is 13.1 Å². The number of carbonyl (C=O) groups is 1. The van der Waals surface area contributed by atoms with E-state index in [0.29, 0.717) is 0 Å². The van der Waals surface area contributed by atoms with Gasteiger partial charge in [-0.25, -0.2) is 4.98 Å². The number of aromatic nitrogens is 1. The first-order valence-electron chi connectivity index (χ1n) is 6.22. The summed E-state index contributed by atoms with van der Waals surface area (Å²) in [4.78, 5) is 16.9. The zero-order chi connectivity index (χ0) is 15.8. The van der Waals surface area contributed by atoms with Crippen LogP contribution in [-0.2, 0) is 11.0 Å². The Morgan fingerprint density at radius 2 is 2.10 bits per heavy atom. The Bertz CT molecular complexity index is 619. The molecule has 8 heteroatoms. The van der Waals surface area contributed by atoms with Crippen molar-refractivity contribution in [1.29, 1.82) is 5.26 Å². The van der Waals surface area contributed by atoms with E-state index in [4.69, 9.17) is 5.26 Å². The Hall–Kier alpha value is -2.30. The number of pyridine rings is 1. The average molecular weight is 298 g/mol. The SMILES string of the molecule is CC1(C)C(=O)NCCN1c1nc(C(F)(F)F)ccc1C#N. The second-order valence-corrected chi connectivity index (χ2v) is 5.14. The van der Waals surface area contributed by atoms with Crippen molar-refractivity contribution in [3.05, 3.63) is 23.4 Å². The van der Waals surface area contributed by atoms with E-state index in [-0.39, 0.29) is 30.4 Å². The highest BCUT2D eigenvalue weighted by Crippen LogP contribution is 2.33. The number of nitrogens with zero attached hydrogens (tertiary/aromatic N) is 3. The maximum atomic E-state index is 12.8. The normalized spacial score (nSPS) is 18.1. The lowest BCUT2D eigenvalue weighted by Crippen LogP contribution is -2.62. The van der Waals surface area contributed by atoms with E-state index in [1.807, 2.05) is 6.07 Å². The molecule has 0 spiro atoms. The molecule has 0 bridgehead atoms. The molecule has 1 aromatic heterocycles. The summed E-state index contributed by atoms with van der Waals surface area (Å²) < 4.78 is 38.4. The molecular formula is C13H13F3N4O. The summed E-state index contributed by atoms with van der Waals surface area (Å²) in [5, 5.41) is 11.7. The van der Waals surface area contributed by atoms with E-state index in [0.717, 1.165) is 12.1 Å². The summed E-state index contributed by atoms with van der Waals surface area (Å²) in [6, 6.07) is 3.66. The van der Waals surface area contributed by atoms with Crippen molar-refractivity contribution in [3.8, 4) is 6.07 Å². The van der Waals surface area contributed by atoms with Crippen LogP contribution >= 0.6 is 0 Å². The predicted molar refractivity (Wildman–Crippen MR) is 68.4 cm³/mol. The van der Waals surface area contributed by atoms with Gasteiger partial charge < -0.3 is 10.2 Å². The van der Waals surface area contributed by atoms with Gasteiger partial charge in [-0.15, -0.1) is 0 Å². The number of carbonyl (C=O) groups excluding carboxylic acids is 1. The van der Waals surface area contributed by atoms with Crippen LogP contribution in [0, 0.1) is 11.3 Å². The van der Waals surface area contributed by atoms with Crippen molar-refractivity contribution >= 4 is 11.7 Å². The zero-order valence-corrected chi connectivity index (χ0v) is 11.5. The van der Waals surface area contributed by atoms with Crippen molar-refractivity contribution in [2.45, 2.75) is 25.6 Å². The van der Waals surface area contributed by atoms with Crippen LogP contribution in [0.4, 0.5) is 19.0 Å². The molecule has 0 saturated carbocycles. The van der Waals surface area contributed by atoms with Crippen LogP contribution in [-0.4, -0.2) is 29.5 Å². The minimum absolute atomic E-state index is 0.00535. The molecule has 112 valence electrons. The number of hydrogen-bond acceptors (Lipinski definition) is 4. The highest BCUT2D eigenvalue weighted by atomic mass is 19.4. The lowest BCUT2D eigenvalue weighted by molar-refractivity contribution is -0.141. The van der Waals surface area contributed by atoms with Crippen LogP contribution < -0.4 is 10.2 Å². The van der Waals surface area contributed by atoms with Crippen molar-refractivity contribution in [3.63, 3.8) is 0 Å². The monoisotopic (exact) mass is 298 g/mol. The van der Waals surface area contributed by atoms with Gasteiger partial charge in [-0.2, -0.15) is 18.4 Å². The predicted octanol–water partition coefficient (Wildman–Crippen LogP) is 1.69. The number of nitriles is 1. The van der Waals surface area contributed by atoms with Gasteiger partial charge in [-0.3, -0.25) is 4.79 Å². The molecule has 0 radical (unpaired) electrons. The van der Waals surface area contributed by atoms with Gasteiger partial charge in [0.05, 0.1) is 5.56 Å². The lowest BCUT2D eigenvalue weighted by Gasteiger charge is -2.42. The van der Waals surface area contributed by atoms with Crippen molar-refractivity contribution in [2.75, 3.05) is 18.0 Å². The number of piperazine rings is 1. The maximum Gasteiger partial charge on any atom is 0.433 e. The second kappa shape index (κ2) is 4.91. The van der Waals surface area contributed by atoms with Gasteiger partial charge in [-0.05, 0) is 26.0 Å². The smallest absolute Gasteiger partial charge is 0.352 e. The third-order valence-corrected chi connectivity index (χ3v) is 3.39. The van der Waals surface area contributed by atoms with E-state index >= 15 is 0 Å². The van der Waals surface area contributed by atoms with Gasteiger partial charge in [0.1, 0.15) is 23.1 Å². The molecule has 2 rings (SSSR count). The highest BCUT2D eigenvalue weighted by molar-refractivity contribution is 5.90. The van der Waals surface area contributed by atoms with Crippen LogP contribution in [0.5, 0.6) is 0 Å². The fourth-order valence-corrected chi connectivity index (χ4v) is 2.17. The molecule has 2 heterocycles. The number of anilines is 1. The summed E-state index contributed by atoms with van der Waals surface area (Å²) in [5.41, 5.74) is -2.16. The minimum Gasteiger partial charge on any atom is -0.352 e. The molecule has 1 aliphatic rings. The number of alkyl halides is 3. The van der Waals surface area contributed by atoms with Crippen molar-refractivity contribution < 1.29 is 18.0 Å². The van der Waals surface area contributed by atoms with Crippen LogP contribution in [0.3, 0.4) is 0 Å². The van der Waals surface area contributed by atoms with Crippen LogP contribution in [0.15, 0.2) is 12.1 Å². The molecule has 0 unspecified atom stereocenters. The molecule has 5 nitrogen and oxygen atoms in total. The third kappa shape index (κ3) is 2.63. The van der Waals surface area contributed by atoms with Crippen LogP contribution in [0.25, 0.3) is 0 Å². The molecule has 1 N–H and O–H groups in total. The minimum atomic E-state index is -4.61. The molecule has 1 fully saturated rings. The Morgan fingerprint density at radius 1 is 1.43 bits per heavy atom. The first kappa shape index (κ1) is 15.1. The van der Waals surface area contributed by atoms with Crippen molar-refractivity contribution in [2.24, 2.45) is 0 Å². The Balaban J connectivity index is 2.56. The first-order valence-corrected chi connectivity index (χ1v) is 6.22. The molecular weight excluding hydrogens is 285 g/mol. The van der Waals surface area contributed by atoms with Crippen molar-refractivity contribution in [1.82, 2.24) is 10.3 Å². The highest BCUT2D eigenvalue weighted by Gasteiger charge is 2.41. The standard InChI is InChI=1S/C13H13F3N4O/c1-12(2)11(21)18-5-6-20(12)10-8(7-17)3-4-9(19-10)13(14,15)16/h3-4H,5-6H2,1-2H3,(H,18,21). The topological polar surface area (TPSA) is 69.0 Å². The third-order valence-electron chi connectivity index (χ3n) is 3.39. The Morgan fingerprint density at radius 3 is 2.67 bits per heavy atom. The first-order chi connectivity index (χ1) is 9.67. The van der Waals surface area contributed by atoms with Gasteiger partial charge in [-0.1, -0.05) is 0 Å². The van der Waals surface area contributed by atoms with Crippen LogP contribution in [0.1, 0.15) is 25.1 Å². The molecule has 21 heavy (non-hydrogen) atoms. The fourth-order valence-electron chi connectivity index (χ4n) is 2.17. The number of halogens is 3. The van der Waals surface area contributed by atoms with Gasteiger partial charge in [0.15, 0.2) is 0 Å². The maximum absolute atomic E-state index is 12.8. The summed E-state index contributed by atoms with van der Waals surface area (Å²) in [5.74, 6) is -0.441. The quantitative estimate of drug-likeness (QED) is 0.856. The number of hydrogen-bond donors (Lipinski definition) is 1. The molecule has 1 saturated heterocycles. The van der Waals surface area contributed by atoms with Crippen LogP contribution in [0.2, 0.25) is 0 Å². The molecule has 1 aliphatic heterocycles. The molecule has 0 aromatic carbocycles. The summed E-state index contributed by atoms with van der Waals surface area (Å²) in [6.07, 6.45) is -4.61. The van der Waals surface area contributed by atoms with E-state index in [9.17, 15) is 18.0 Å². The van der Waals surface area contributed by atoms with E-state index in [2.05, 4.69) is 10.3 Å². The Kier molecular flexibility index (Phi) is 3.53. The summed E-state index contributed by atoms with van der Waals surface area (Å²) in [7, 11) is 0. The average Bonchev–Trinajstić information content (AvgIpc) is 2.40. The molecule has 0 atom stereocenters. The van der Waals surface area contributed by atoms with Gasteiger partial charge in [0.25, 0.3) is 0 Å². The zero-order valence-electron chi connectivity index (χ0n) is 11.5. The summed E-state index contributed by atoms with van der Waals surface area (Å²) in [6.45, 7) is 3.71. The molecule has 0 aliphatic carbocycles. The van der Waals surface area contributed by atoms with E-state index in [1.165, 1.54) is 4.90 Å². The number of amides is 1. The van der Waals surface area contributed by atoms with E-state index < -0.39 is 17.4 Å². The Labute approximate surface area is 119 Å². The second-order valence-electron chi connectivity index (χ2n) is 5.14. The largest absolute Gasteiger partial charge is 0.433 e. The lowest BCUT2D eigenvalue weighted by atomic mass is 9.98.